The van der Waals surface area contributed by atoms with Crippen molar-refractivity contribution in [1.82, 2.24) is 0 Å². The maximum atomic E-state index is 13.2. The van der Waals surface area contributed by atoms with E-state index in [1.807, 2.05) is 0 Å². The summed E-state index contributed by atoms with van der Waals surface area (Å²) in [6.45, 7) is 0. The van der Waals surface area contributed by atoms with E-state index in [2.05, 4.69) is 11.1 Å². The van der Waals surface area contributed by atoms with Crippen molar-refractivity contribution in [3.63, 3.8) is 0 Å². The highest BCUT2D eigenvalue weighted by atomic mass is 19.1. The van der Waals surface area contributed by atoms with Crippen molar-refractivity contribution in [1.29, 1.82) is 5.26 Å². The van der Waals surface area contributed by atoms with E-state index in [1.165, 1.54) is 18.6 Å². The lowest BCUT2D eigenvalue weighted by molar-refractivity contribution is -0.373. The van der Waals surface area contributed by atoms with Gasteiger partial charge in [0, 0.05) is 17.5 Å². The number of halogens is 1. The van der Waals surface area contributed by atoms with E-state index in [1.54, 1.807) is 12.1 Å². The molecule has 0 spiro atoms. The molecule has 0 bridgehead atoms. The van der Waals surface area contributed by atoms with Crippen LogP contribution in [0.5, 0.6) is 0 Å². The number of hydrogen-bond donors (Lipinski definition) is 1. The molecule has 0 atom stereocenters. The van der Waals surface area contributed by atoms with Crippen LogP contribution in [-0.2, 0) is 12.8 Å². The molecule has 2 aromatic rings. The lowest BCUT2D eigenvalue weighted by Gasteiger charge is -2.13. The van der Waals surface area contributed by atoms with E-state index < -0.39 is 0 Å². The maximum absolute atomic E-state index is 13.2. The summed E-state index contributed by atoms with van der Waals surface area (Å²) >= 11 is 0. The number of aromatic amines is 1. The van der Waals surface area contributed by atoms with E-state index >= 15 is 0 Å². The molecule has 1 heterocycles. The molecule has 3 rings (SSSR count). The third-order valence-corrected chi connectivity index (χ3v) is 4.07. The van der Waals surface area contributed by atoms with Crippen molar-refractivity contribution in [2.75, 3.05) is 5.73 Å². The Balaban J connectivity index is 2.28. The molecule has 1 aromatic heterocycles. The van der Waals surface area contributed by atoms with Gasteiger partial charge < -0.3 is 0 Å². The Bertz CT molecular complexity index is 714. The third kappa shape index (κ3) is 2.47. The highest BCUT2D eigenvalue weighted by Crippen LogP contribution is 2.33. The highest BCUT2D eigenvalue weighted by Gasteiger charge is 2.23. The van der Waals surface area contributed by atoms with E-state index in [-0.39, 0.29) is 5.82 Å². The fraction of sp³-hybridized carbons (Fsp3) is 0.294. The number of anilines is 1. The molecule has 0 aliphatic heterocycles. The number of nitrogens with one attached hydrogen (secondary N) is 1. The molecule has 1 aliphatic carbocycles. The second kappa shape index (κ2) is 5.53. The zero-order valence-electron chi connectivity index (χ0n) is 11.7. The van der Waals surface area contributed by atoms with E-state index in [9.17, 15) is 9.65 Å². The van der Waals surface area contributed by atoms with E-state index in [0.717, 1.165) is 48.1 Å². The van der Waals surface area contributed by atoms with Gasteiger partial charge in [0.15, 0.2) is 0 Å². The number of aromatic nitrogens is 1. The minimum absolute atomic E-state index is 0.279. The van der Waals surface area contributed by atoms with Gasteiger partial charge in [-0.15, -0.1) is 0 Å². The first-order valence-corrected chi connectivity index (χ1v) is 7.23. The Hall–Kier alpha value is -2.41. The van der Waals surface area contributed by atoms with Gasteiger partial charge in [0.2, 0.25) is 0 Å². The largest absolute Gasteiger partial charge is 0.289 e. The van der Waals surface area contributed by atoms with Crippen molar-refractivity contribution in [3.8, 4) is 17.2 Å². The quantitative estimate of drug-likeness (QED) is 0.817. The van der Waals surface area contributed by atoms with E-state index in [4.69, 9.17) is 5.73 Å². The van der Waals surface area contributed by atoms with Crippen molar-refractivity contribution in [3.05, 3.63) is 46.9 Å². The lowest BCUT2D eigenvalue weighted by Crippen LogP contribution is -2.21. The lowest BCUT2D eigenvalue weighted by atomic mass is 9.92. The Morgan fingerprint density at radius 3 is 2.52 bits per heavy atom. The second-order valence-corrected chi connectivity index (χ2v) is 5.43. The van der Waals surface area contributed by atoms with Crippen LogP contribution in [0.2, 0.25) is 0 Å². The predicted octanol–water partition coefficient (Wildman–Crippen LogP) is 3.03. The summed E-state index contributed by atoms with van der Waals surface area (Å²) in [6, 6.07) is 8.48. The standard InChI is InChI=1S/C17H16FN3/c18-12-8-6-11(7-9-12)16-13-4-2-1-3-5-15(13)21-17(20)14(16)10-19/h6-9H,1-5H2,(H2,20,21)/p+1. The normalized spacial score (nSPS) is 14.1. The average molecular weight is 282 g/mol. The molecule has 1 aliphatic rings. The fourth-order valence-corrected chi connectivity index (χ4v) is 3.06. The summed E-state index contributed by atoms with van der Waals surface area (Å²) in [5.74, 6) is 0.122. The first-order chi connectivity index (χ1) is 10.2. The number of hydrogen-bond acceptors (Lipinski definition) is 2. The molecule has 3 nitrogen and oxygen atoms in total. The number of aryl methyl sites for hydroxylation is 1. The van der Waals surface area contributed by atoms with Crippen molar-refractivity contribution < 1.29 is 9.37 Å². The molecule has 106 valence electrons. The van der Waals surface area contributed by atoms with Gasteiger partial charge in [-0.2, -0.15) is 5.26 Å². The number of nitrogens with two attached hydrogens (primary N) is 1. The van der Waals surface area contributed by atoms with Crippen molar-refractivity contribution in [2.45, 2.75) is 32.1 Å². The molecule has 0 saturated carbocycles. The van der Waals surface area contributed by atoms with Gasteiger partial charge >= 0.3 is 0 Å². The average Bonchev–Trinajstić information content (AvgIpc) is 2.72. The summed E-state index contributed by atoms with van der Waals surface area (Å²) in [5, 5.41) is 9.46. The minimum atomic E-state index is -0.279. The fourth-order valence-electron chi connectivity index (χ4n) is 3.06. The second-order valence-electron chi connectivity index (χ2n) is 5.43. The van der Waals surface area contributed by atoms with Crippen LogP contribution in [0.25, 0.3) is 11.1 Å². The molecule has 0 amide bonds. The molecular weight excluding hydrogens is 265 g/mol. The predicted molar refractivity (Wildman–Crippen MR) is 78.8 cm³/mol. The zero-order valence-corrected chi connectivity index (χ0v) is 11.7. The molecule has 0 saturated heterocycles. The summed E-state index contributed by atoms with van der Waals surface area (Å²) in [4.78, 5) is 3.19. The Kier molecular flexibility index (Phi) is 3.57. The van der Waals surface area contributed by atoms with Crippen LogP contribution in [0, 0.1) is 17.1 Å². The number of fused-ring (bicyclic) bond motifs is 1. The Labute approximate surface area is 123 Å². The number of H-pyrrole nitrogens is 1. The number of nitrogens with zero attached hydrogens (tertiary/aromatic N) is 1. The van der Waals surface area contributed by atoms with Crippen LogP contribution in [0.3, 0.4) is 0 Å². The SMILES string of the molecule is N#Cc1c(N)[nH+]c2c(c1-c1ccc(F)cc1)CCCCC2. The van der Waals surface area contributed by atoms with Crippen LogP contribution in [-0.4, -0.2) is 0 Å². The van der Waals surface area contributed by atoms with Gasteiger partial charge in [0.05, 0.1) is 0 Å². The molecule has 0 unspecified atom stereocenters. The van der Waals surface area contributed by atoms with E-state index in [0.29, 0.717) is 11.4 Å². The Morgan fingerprint density at radius 2 is 1.81 bits per heavy atom. The van der Waals surface area contributed by atoms with Gasteiger partial charge in [-0.1, -0.05) is 18.6 Å². The van der Waals surface area contributed by atoms with Crippen LogP contribution >= 0.6 is 0 Å². The number of benzene rings is 1. The first kappa shape index (κ1) is 13.6. The Morgan fingerprint density at radius 1 is 1.10 bits per heavy atom. The monoisotopic (exact) mass is 282 g/mol. The molecular formula is C17H17FN3+. The number of pyridine rings is 1. The van der Waals surface area contributed by atoms with Crippen molar-refractivity contribution >= 4 is 5.82 Å². The summed E-state index contributed by atoms with van der Waals surface area (Å²) in [5.41, 5.74) is 10.5. The third-order valence-electron chi connectivity index (χ3n) is 4.07. The van der Waals surface area contributed by atoms with Gasteiger partial charge in [-0.25, -0.2) is 9.37 Å². The number of nitriles is 1. The van der Waals surface area contributed by atoms with Crippen LogP contribution in [0.15, 0.2) is 24.3 Å². The van der Waals surface area contributed by atoms with Crippen LogP contribution in [0.1, 0.15) is 36.1 Å². The maximum Gasteiger partial charge on any atom is 0.289 e. The molecule has 21 heavy (non-hydrogen) atoms. The minimum Gasteiger partial charge on any atom is -0.286 e. The summed E-state index contributed by atoms with van der Waals surface area (Å²) < 4.78 is 13.2. The zero-order chi connectivity index (χ0) is 14.8. The summed E-state index contributed by atoms with van der Waals surface area (Å²) in [6.07, 6.45) is 5.27. The van der Waals surface area contributed by atoms with Crippen LogP contribution < -0.4 is 10.7 Å². The molecule has 0 radical (unpaired) electrons. The molecule has 3 N–H and O–H groups in total. The summed E-state index contributed by atoms with van der Waals surface area (Å²) in [7, 11) is 0. The molecule has 0 fully saturated rings. The topological polar surface area (TPSA) is 64.0 Å². The molecule has 4 heteroatoms. The number of rotatable bonds is 1. The smallest absolute Gasteiger partial charge is 0.286 e. The van der Waals surface area contributed by atoms with Crippen molar-refractivity contribution in [2.24, 2.45) is 0 Å². The number of nitrogen functional groups attached to an aromatic ring is 1. The van der Waals surface area contributed by atoms with Gasteiger partial charge in [0.1, 0.15) is 23.1 Å². The van der Waals surface area contributed by atoms with Gasteiger partial charge in [-0.05, 0) is 37.0 Å². The van der Waals surface area contributed by atoms with Gasteiger partial charge in [0.25, 0.3) is 5.82 Å². The van der Waals surface area contributed by atoms with Crippen LogP contribution in [0.4, 0.5) is 10.2 Å². The first-order valence-electron chi connectivity index (χ1n) is 7.23. The highest BCUT2D eigenvalue weighted by molar-refractivity contribution is 5.77. The molecule has 1 aromatic carbocycles. The van der Waals surface area contributed by atoms with Gasteiger partial charge in [-0.3, -0.25) is 5.73 Å².